The van der Waals surface area contributed by atoms with Gasteiger partial charge in [-0.25, -0.2) is 0 Å². The maximum absolute atomic E-state index is 13.4. The Kier molecular flexibility index (Phi) is 7.59. The molecule has 178 valence electrons. The highest BCUT2D eigenvalue weighted by Gasteiger charge is 2.37. The SMILES string of the molecule is COc1c(SC)cc(C(=O)N2CSc3ccccc32)cc1C(F)(F)F.c1ccc2c(c1)NCS2. The highest BCUT2D eigenvalue weighted by molar-refractivity contribution is 8.00. The number of carbonyl (C=O) groups excluding carboxylic acids is 1. The highest BCUT2D eigenvalue weighted by atomic mass is 32.2. The van der Waals surface area contributed by atoms with Crippen LogP contribution in [0, 0.1) is 0 Å². The van der Waals surface area contributed by atoms with Gasteiger partial charge in [-0.2, -0.15) is 13.2 Å². The topological polar surface area (TPSA) is 41.6 Å². The van der Waals surface area contributed by atoms with Crippen LogP contribution in [0.2, 0.25) is 0 Å². The molecule has 34 heavy (non-hydrogen) atoms. The van der Waals surface area contributed by atoms with Gasteiger partial charge in [0.05, 0.1) is 35.0 Å². The van der Waals surface area contributed by atoms with Crippen LogP contribution in [-0.4, -0.2) is 31.0 Å². The van der Waals surface area contributed by atoms with E-state index in [9.17, 15) is 18.0 Å². The van der Waals surface area contributed by atoms with Gasteiger partial charge in [0, 0.05) is 21.0 Å². The number of para-hydroxylation sites is 2. The molecule has 0 aromatic heterocycles. The van der Waals surface area contributed by atoms with Crippen LogP contribution in [0.3, 0.4) is 0 Å². The zero-order valence-corrected chi connectivity index (χ0v) is 20.8. The van der Waals surface area contributed by atoms with Gasteiger partial charge in [0.15, 0.2) is 0 Å². The number of carbonyl (C=O) groups is 1. The van der Waals surface area contributed by atoms with Gasteiger partial charge >= 0.3 is 6.18 Å². The number of benzene rings is 3. The summed E-state index contributed by atoms with van der Waals surface area (Å²) < 4.78 is 45.1. The van der Waals surface area contributed by atoms with Crippen molar-refractivity contribution < 1.29 is 22.7 Å². The van der Waals surface area contributed by atoms with E-state index in [0.717, 1.165) is 28.6 Å². The molecule has 1 amide bonds. The first kappa shape index (κ1) is 24.7. The van der Waals surface area contributed by atoms with E-state index in [1.165, 1.54) is 40.4 Å². The molecule has 4 nitrogen and oxygen atoms in total. The summed E-state index contributed by atoms with van der Waals surface area (Å²) in [5, 5.41) is 3.26. The number of amides is 1. The number of methoxy groups -OCH3 is 1. The van der Waals surface area contributed by atoms with Crippen LogP contribution in [0.5, 0.6) is 5.75 Å². The molecule has 3 aromatic rings. The summed E-state index contributed by atoms with van der Waals surface area (Å²) in [5.74, 6) is 0.688. The number of rotatable bonds is 3. The number of nitrogens with one attached hydrogen (secondary N) is 1. The molecule has 0 saturated carbocycles. The third kappa shape index (κ3) is 5.13. The van der Waals surface area contributed by atoms with Crippen molar-refractivity contribution in [2.45, 2.75) is 20.9 Å². The Hall–Kier alpha value is -2.43. The van der Waals surface area contributed by atoms with E-state index in [1.807, 2.05) is 23.9 Å². The summed E-state index contributed by atoms with van der Waals surface area (Å²) >= 11 is 4.45. The van der Waals surface area contributed by atoms with Crippen LogP contribution in [0.4, 0.5) is 24.5 Å². The van der Waals surface area contributed by atoms with Crippen molar-refractivity contribution in [1.29, 1.82) is 0 Å². The molecule has 0 fully saturated rings. The molecule has 0 radical (unpaired) electrons. The molecule has 2 heterocycles. The molecule has 0 aliphatic carbocycles. The Labute approximate surface area is 208 Å². The summed E-state index contributed by atoms with van der Waals surface area (Å²) in [6.07, 6.45) is -2.96. The van der Waals surface area contributed by atoms with Gasteiger partial charge in [-0.15, -0.1) is 35.3 Å². The summed E-state index contributed by atoms with van der Waals surface area (Å²) in [4.78, 5) is 16.9. The number of fused-ring (bicyclic) bond motifs is 2. The minimum absolute atomic E-state index is 0.00484. The predicted molar refractivity (Wildman–Crippen MR) is 135 cm³/mol. The van der Waals surface area contributed by atoms with Gasteiger partial charge in [0.25, 0.3) is 5.91 Å². The monoisotopic (exact) mass is 522 g/mol. The fourth-order valence-electron chi connectivity index (χ4n) is 3.56. The summed E-state index contributed by atoms with van der Waals surface area (Å²) in [5.41, 5.74) is 1.05. The minimum atomic E-state index is -4.61. The van der Waals surface area contributed by atoms with Crippen molar-refractivity contribution >= 4 is 52.6 Å². The maximum Gasteiger partial charge on any atom is 0.420 e. The van der Waals surface area contributed by atoms with Gasteiger partial charge in [-0.1, -0.05) is 24.3 Å². The summed E-state index contributed by atoms with van der Waals surface area (Å²) in [6.45, 7) is 0. The van der Waals surface area contributed by atoms with Crippen molar-refractivity contribution in [3.63, 3.8) is 0 Å². The molecule has 0 atom stereocenters. The molecule has 0 saturated heterocycles. The average molecular weight is 523 g/mol. The number of hydrogen-bond acceptors (Lipinski definition) is 6. The molecular weight excluding hydrogens is 501 g/mol. The summed E-state index contributed by atoms with van der Waals surface area (Å²) in [7, 11) is 1.19. The van der Waals surface area contributed by atoms with E-state index < -0.39 is 17.6 Å². The fourth-order valence-corrected chi connectivity index (χ4v) is 6.06. The molecule has 5 rings (SSSR count). The van der Waals surface area contributed by atoms with E-state index in [4.69, 9.17) is 4.74 Å². The van der Waals surface area contributed by atoms with Crippen LogP contribution in [0.15, 0.2) is 75.4 Å². The van der Waals surface area contributed by atoms with Gasteiger partial charge in [-0.05, 0) is 42.7 Å². The van der Waals surface area contributed by atoms with Crippen molar-refractivity contribution in [1.82, 2.24) is 0 Å². The van der Waals surface area contributed by atoms with Crippen LogP contribution in [0.25, 0.3) is 0 Å². The second-order valence-electron chi connectivity index (χ2n) is 7.19. The van der Waals surface area contributed by atoms with Crippen LogP contribution in [0.1, 0.15) is 15.9 Å². The van der Waals surface area contributed by atoms with Crippen molar-refractivity contribution in [3.8, 4) is 5.75 Å². The number of ether oxygens (including phenoxy) is 1. The second kappa shape index (κ2) is 10.5. The third-order valence-corrected chi connectivity index (χ3v) is 7.90. The lowest BCUT2D eigenvalue weighted by atomic mass is 10.1. The summed E-state index contributed by atoms with van der Waals surface area (Å²) in [6, 6.07) is 18.0. The standard InChI is InChI=1S/C17H14F3NO2S2.C7H7NS/c1-23-15-11(17(18,19)20)7-10(8-14(15)24-2)16(22)21-9-25-13-6-4-3-5-12(13)21;1-2-4-7-6(3-1)8-5-9-7/h3-8H,9H2,1-2H3;1-4,8H,5H2. The molecule has 0 bridgehead atoms. The van der Waals surface area contributed by atoms with E-state index in [1.54, 1.807) is 18.4 Å². The number of alkyl halides is 3. The zero-order valence-electron chi connectivity index (χ0n) is 18.3. The second-order valence-corrected chi connectivity index (χ2v) is 10.0. The first-order chi connectivity index (χ1) is 16.3. The highest BCUT2D eigenvalue weighted by Crippen LogP contribution is 2.44. The minimum Gasteiger partial charge on any atom is -0.495 e. The number of thioether (sulfide) groups is 3. The van der Waals surface area contributed by atoms with Gasteiger partial charge < -0.3 is 10.1 Å². The van der Waals surface area contributed by atoms with Crippen LogP contribution >= 0.6 is 35.3 Å². The Balaban J connectivity index is 0.000000252. The number of hydrogen-bond donors (Lipinski definition) is 1. The first-order valence-electron chi connectivity index (χ1n) is 10.2. The molecule has 10 heteroatoms. The lowest BCUT2D eigenvalue weighted by Gasteiger charge is -2.20. The van der Waals surface area contributed by atoms with Crippen LogP contribution < -0.4 is 15.0 Å². The van der Waals surface area contributed by atoms with Crippen molar-refractivity contribution in [2.75, 3.05) is 35.3 Å². The lowest BCUT2D eigenvalue weighted by molar-refractivity contribution is -0.139. The molecule has 2 aliphatic rings. The smallest absolute Gasteiger partial charge is 0.420 e. The number of nitrogens with zero attached hydrogens (tertiary/aromatic N) is 1. The fraction of sp³-hybridized carbons (Fsp3) is 0.208. The first-order valence-corrected chi connectivity index (χ1v) is 13.4. The Morgan fingerprint density at radius 1 is 1.06 bits per heavy atom. The largest absolute Gasteiger partial charge is 0.495 e. The third-order valence-electron chi connectivity index (χ3n) is 5.16. The van der Waals surface area contributed by atoms with Gasteiger partial charge in [0.1, 0.15) is 5.75 Å². The van der Waals surface area contributed by atoms with E-state index in [-0.39, 0.29) is 16.2 Å². The molecule has 0 unspecified atom stereocenters. The van der Waals surface area contributed by atoms with E-state index >= 15 is 0 Å². The predicted octanol–water partition coefficient (Wildman–Crippen LogP) is 7.31. The van der Waals surface area contributed by atoms with E-state index in [0.29, 0.717) is 11.6 Å². The van der Waals surface area contributed by atoms with Crippen molar-refractivity contribution in [2.24, 2.45) is 0 Å². The number of anilines is 2. The molecule has 3 aromatic carbocycles. The van der Waals surface area contributed by atoms with Crippen molar-refractivity contribution in [3.05, 3.63) is 71.8 Å². The van der Waals surface area contributed by atoms with Crippen LogP contribution in [-0.2, 0) is 6.18 Å². The lowest BCUT2D eigenvalue weighted by Crippen LogP contribution is -2.28. The Morgan fingerprint density at radius 3 is 2.44 bits per heavy atom. The molecular formula is C24H21F3N2O2S3. The molecule has 2 aliphatic heterocycles. The van der Waals surface area contributed by atoms with E-state index in [2.05, 4.69) is 29.6 Å². The number of halogens is 3. The Morgan fingerprint density at radius 2 is 1.76 bits per heavy atom. The maximum atomic E-state index is 13.4. The normalized spacial score (nSPS) is 14.0. The molecule has 1 N–H and O–H groups in total. The van der Waals surface area contributed by atoms with Gasteiger partial charge in [0.2, 0.25) is 0 Å². The zero-order chi connectivity index (χ0) is 24.3. The van der Waals surface area contributed by atoms with Gasteiger partial charge in [-0.3, -0.25) is 9.69 Å². The average Bonchev–Trinajstić information content (AvgIpc) is 3.49. The quantitative estimate of drug-likeness (QED) is 0.364. The Bertz CT molecular complexity index is 1180. The molecule has 0 spiro atoms.